The first-order valence-electron chi connectivity index (χ1n) is 5.45. The molecule has 0 aliphatic heterocycles. The molecule has 102 valence electrons. The van der Waals surface area contributed by atoms with Crippen molar-refractivity contribution < 1.29 is 13.5 Å². The predicted octanol–water partition coefficient (Wildman–Crippen LogP) is 3.36. The molecule has 0 spiro atoms. The van der Waals surface area contributed by atoms with E-state index in [0.29, 0.717) is 11.3 Å². The first-order chi connectivity index (χ1) is 8.90. The number of rotatable bonds is 4. The number of anilines is 1. The van der Waals surface area contributed by atoms with Gasteiger partial charge in [-0.25, -0.2) is 8.42 Å². The number of thiophene rings is 1. The average Bonchev–Trinajstić information content (AvgIpc) is 2.76. The van der Waals surface area contributed by atoms with Crippen molar-refractivity contribution in [2.75, 3.05) is 4.72 Å². The summed E-state index contributed by atoms with van der Waals surface area (Å²) in [4.78, 5) is 0. The summed E-state index contributed by atoms with van der Waals surface area (Å²) in [5, 5.41) is 9.64. The van der Waals surface area contributed by atoms with Crippen LogP contribution in [0.15, 0.2) is 44.4 Å². The summed E-state index contributed by atoms with van der Waals surface area (Å²) in [6.45, 7) is 1.59. The zero-order valence-electron chi connectivity index (χ0n) is 10.00. The minimum absolute atomic E-state index is 0.222. The van der Waals surface area contributed by atoms with Gasteiger partial charge >= 0.3 is 0 Å². The number of para-hydroxylation sites is 1. The van der Waals surface area contributed by atoms with Crippen LogP contribution in [-0.4, -0.2) is 13.5 Å². The Hall–Kier alpha value is -0.890. The lowest BCUT2D eigenvalue weighted by atomic mass is 10.1. The van der Waals surface area contributed by atoms with E-state index in [9.17, 15) is 13.5 Å². The van der Waals surface area contributed by atoms with Gasteiger partial charge in [0.2, 0.25) is 0 Å². The van der Waals surface area contributed by atoms with E-state index in [1.54, 1.807) is 37.3 Å². The predicted molar refractivity (Wildman–Crippen MR) is 79.9 cm³/mol. The molecule has 1 aromatic heterocycles. The molecule has 7 heteroatoms. The van der Waals surface area contributed by atoms with E-state index in [2.05, 4.69) is 20.7 Å². The number of nitrogens with one attached hydrogen (secondary N) is 1. The number of aliphatic hydroxyl groups is 1. The van der Waals surface area contributed by atoms with Gasteiger partial charge in [0.1, 0.15) is 4.21 Å². The van der Waals surface area contributed by atoms with E-state index >= 15 is 0 Å². The van der Waals surface area contributed by atoms with Crippen LogP contribution in [0.1, 0.15) is 18.6 Å². The minimum Gasteiger partial charge on any atom is -0.389 e. The molecule has 2 aromatic rings. The summed E-state index contributed by atoms with van der Waals surface area (Å²) in [6, 6.07) is 9.99. The third-order valence-electron chi connectivity index (χ3n) is 2.47. The summed E-state index contributed by atoms with van der Waals surface area (Å²) in [7, 11) is -3.62. The number of aliphatic hydroxyl groups excluding tert-OH is 1. The zero-order valence-corrected chi connectivity index (χ0v) is 13.2. The maximum atomic E-state index is 12.2. The van der Waals surface area contributed by atoms with Gasteiger partial charge in [0.15, 0.2) is 0 Å². The van der Waals surface area contributed by atoms with Gasteiger partial charge in [-0.15, -0.1) is 11.3 Å². The molecule has 2 rings (SSSR count). The van der Waals surface area contributed by atoms with Crippen LogP contribution >= 0.6 is 27.3 Å². The standard InChI is InChI=1S/C12H12BrNO3S2/c1-8(15)9-4-2-3-5-10(9)14-19(16,17)12-7-6-11(13)18-12/h2-8,14-15H,1H3. The van der Waals surface area contributed by atoms with Crippen molar-refractivity contribution in [1.82, 2.24) is 0 Å². The number of benzene rings is 1. The average molecular weight is 362 g/mol. The molecule has 1 atom stereocenters. The van der Waals surface area contributed by atoms with E-state index in [1.807, 2.05) is 0 Å². The summed E-state index contributed by atoms with van der Waals surface area (Å²) in [6.07, 6.45) is -0.742. The third kappa shape index (κ3) is 3.36. The maximum absolute atomic E-state index is 12.2. The minimum atomic E-state index is -3.62. The quantitative estimate of drug-likeness (QED) is 0.877. The van der Waals surface area contributed by atoms with Crippen molar-refractivity contribution >= 4 is 43.0 Å². The molecule has 4 nitrogen and oxygen atoms in total. The lowest BCUT2D eigenvalue weighted by Gasteiger charge is -2.13. The molecule has 0 fully saturated rings. The highest BCUT2D eigenvalue weighted by molar-refractivity contribution is 9.11. The molecule has 0 saturated heterocycles. The van der Waals surface area contributed by atoms with E-state index < -0.39 is 16.1 Å². The molecule has 0 amide bonds. The van der Waals surface area contributed by atoms with Gasteiger partial charge in [-0.1, -0.05) is 18.2 Å². The molecule has 0 radical (unpaired) electrons. The summed E-state index contributed by atoms with van der Waals surface area (Å²) < 4.78 is 27.8. The van der Waals surface area contributed by atoms with E-state index in [-0.39, 0.29) is 4.21 Å². The van der Waals surface area contributed by atoms with Gasteiger partial charge in [0.25, 0.3) is 10.0 Å². The van der Waals surface area contributed by atoms with Gasteiger partial charge in [-0.2, -0.15) is 0 Å². The number of halogens is 1. The van der Waals surface area contributed by atoms with Crippen molar-refractivity contribution in [1.29, 1.82) is 0 Å². The highest BCUT2D eigenvalue weighted by Gasteiger charge is 2.18. The fourth-order valence-electron chi connectivity index (χ4n) is 1.59. The normalized spacial score (nSPS) is 13.2. The van der Waals surface area contributed by atoms with E-state index in [0.717, 1.165) is 15.1 Å². The van der Waals surface area contributed by atoms with Crippen LogP contribution < -0.4 is 4.72 Å². The van der Waals surface area contributed by atoms with Gasteiger partial charge in [0.05, 0.1) is 15.6 Å². The Morgan fingerprint density at radius 3 is 2.53 bits per heavy atom. The largest absolute Gasteiger partial charge is 0.389 e. The van der Waals surface area contributed by atoms with Crippen LogP contribution in [0.3, 0.4) is 0 Å². The lowest BCUT2D eigenvalue weighted by Crippen LogP contribution is -2.13. The maximum Gasteiger partial charge on any atom is 0.271 e. The van der Waals surface area contributed by atoms with Crippen molar-refractivity contribution in [3.05, 3.63) is 45.7 Å². The third-order valence-corrected chi connectivity index (χ3v) is 5.95. The van der Waals surface area contributed by atoms with Crippen LogP contribution in [0.25, 0.3) is 0 Å². The topological polar surface area (TPSA) is 66.4 Å². The van der Waals surface area contributed by atoms with Crippen LogP contribution in [0, 0.1) is 0 Å². The van der Waals surface area contributed by atoms with E-state index in [4.69, 9.17) is 0 Å². The van der Waals surface area contributed by atoms with Gasteiger partial charge in [0, 0.05) is 5.56 Å². The van der Waals surface area contributed by atoms with Crippen LogP contribution in [0.5, 0.6) is 0 Å². The Balaban J connectivity index is 2.36. The molecule has 1 heterocycles. The zero-order chi connectivity index (χ0) is 14.0. The van der Waals surface area contributed by atoms with Gasteiger partial charge in [-0.3, -0.25) is 4.72 Å². The Morgan fingerprint density at radius 1 is 1.26 bits per heavy atom. The van der Waals surface area contributed by atoms with Gasteiger partial charge in [-0.05, 0) is 41.1 Å². The Morgan fingerprint density at radius 2 is 1.95 bits per heavy atom. The Bertz CT molecular complexity index is 680. The first-order valence-corrected chi connectivity index (χ1v) is 8.54. The second kappa shape index (κ2) is 5.62. The highest BCUT2D eigenvalue weighted by Crippen LogP contribution is 2.29. The van der Waals surface area contributed by atoms with Gasteiger partial charge < -0.3 is 5.11 Å². The second-order valence-corrected chi connectivity index (χ2v) is 8.30. The molecule has 1 unspecified atom stereocenters. The second-order valence-electron chi connectivity index (χ2n) is 3.93. The number of hydrogen-bond donors (Lipinski definition) is 2. The molecule has 1 aromatic carbocycles. The Labute approximate surface area is 124 Å². The molecular formula is C12H12BrNO3S2. The fraction of sp³-hybridized carbons (Fsp3) is 0.167. The summed E-state index contributed by atoms with van der Waals surface area (Å²) in [5.41, 5.74) is 0.934. The molecule has 0 saturated carbocycles. The van der Waals surface area contributed by atoms with Crippen molar-refractivity contribution in [3.8, 4) is 0 Å². The number of sulfonamides is 1. The highest BCUT2D eigenvalue weighted by atomic mass is 79.9. The van der Waals surface area contributed by atoms with Crippen molar-refractivity contribution in [3.63, 3.8) is 0 Å². The molecule has 0 bridgehead atoms. The van der Waals surface area contributed by atoms with Crippen LogP contribution in [0.4, 0.5) is 5.69 Å². The molecule has 2 N–H and O–H groups in total. The summed E-state index contributed by atoms with van der Waals surface area (Å²) >= 11 is 4.37. The van der Waals surface area contributed by atoms with Crippen LogP contribution in [0.2, 0.25) is 0 Å². The number of hydrogen-bond acceptors (Lipinski definition) is 4. The molecule has 0 aliphatic carbocycles. The van der Waals surface area contributed by atoms with Crippen molar-refractivity contribution in [2.45, 2.75) is 17.2 Å². The summed E-state index contributed by atoms with van der Waals surface area (Å²) in [5.74, 6) is 0. The molecule has 0 aliphatic rings. The molecular weight excluding hydrogens is 350 g/mol. The van der Waals surface area contributed by atoms with Crippen LogP contribution in [-0.2, 0) is 10.0 Å². The first kappa shape index (κ1) is 14.5. The lowest BCUT2D eigenvalue weighted by molar-refractivity contribution is 0.200. The SMILES string of the molecule is CC(O)c1ccccc1NS(=O)(=O)c1ccc(Br)s1. The smallest absolute Gasteiger partial charge is 0.271 e. The van der Waals surface area contributed by atoms with E-state index in [1.165, 1.54) is 6.07 Å². The fourth-order valence-corrected chi connectivity index (χ4v) is 4.69. The monoisotopic (exact) mass is 361 g/mol. The molecule has 19 heavy (non-hydrogen) atoms. The Kier molecular flexibility index (Phi) is 4.29. The van der Waals surface area contributed by atoms with Crippen molar-refractivity contribution in [2.24, 2.45) is 0 Å².